The summed E-state index contributed by atoms with van der Waals surface area (Å²) in [6.45, 7) is 1.34. The van der Waals surface area contributed by atoms with E-state index in [2.05, 4.69) is 25.1 Å². The molecular formula is C18H20N8O2. The lowest BCUT2D eigenvalue weighted by Gasteiger charge is -2.44. The van der Waals surface area contributed by atoms with E-state index < -0.39 is 0 Å². The van der Waals surface area contributed by atoms with Crippen LogP contribution < -0.4 is 10.5 Å². The molecular weight excluding hydrogens is 360 g/mol. The highest BCUT2D eigenvalue weighted by molar-refractivity contribution is 5.92. The number of carbonyl (C=O) groups excluding carboxylic acids is 1. The fraction of sp³-hybridized carbons (Fsp3) is 0.444. The van der Waals surface area contributed by atoms with Crippen molar-refractivity contribution in [3.05, 3.63) is 46.4 Å². The first kappa shape index (κ1) is 16.8. The van der Waals surface area contributed by atoms with Gasteiger partial charge in [0.2, 0.25) is 0 Å². The maximum Gasteiger partial charge on any atom is 0.272 e. The van der Waals surface area contributed by atoms with Gasteiger partial charge in [-0.15, -0.1) is 15.3 Å². The number of aromatic nitrogens is 6. The zero-order valence-electron chi connectivity index (χ0n) is 15.4. The molecule has 0 aromatic carbocycles. The number of nitrogens with one attached hydrogen (secondary N) is 1. The van der Waals surface area contributed by atoms with Gasteiger partial charge in [0.15, 0.2) is 11.5 Å². The van der Waals surface area contributed by atoms with E-state index in [1.807, 2.05) is 16.6 Å². The van der Waals surface area contributed by atoms with Crippen LogP contribution in [0, 0.1) is 0 Å². The van der Waals surface area contributed by atoms with Gasteiger partial charge in [0.25, 0.3) is 11.5 Å². The van der Waals surface area contributed by atoms with E-state index in [4.69, 9.17) is 5.10 Å². The first-order valence-electron chi connectivity index (χ1n) is 9.39. The standard InChI is InChI=1S/C18H20N8O2/c1-24(18(28)13-7-16(27)20-10-19-13)12-8-25(9-12)15-6-5-14-21-22-17(26(14)23-15)11-3-2-4-11/h5-7,10-12H,2-4,8-9H2,1H3,(H,19,20,27). The van der Waals surface area contributed by atoms with Gasteiger partial charge in [-0.1, -0.05) is 6.42 Å². The normalized spacial score (nSPS) is 17.4. The van der Waals surface area contributed by atoms with Crippen molar-refractivity contribution in [3.63, 3.8) is 0 Å². The Kier molecular flexibility index (Phi) is 3.85. The largest absolute Gasteiger partial charge is 0.351 e. The number of nitrogens with zero attached hydrogens (tertiary/aromatic N) is 7. The fourth-order valence-electron chi connectivity index (χ4n) is 3.60. The van der Waals surface area contributed by atoms with Crippen molar-refractivity contribution in [1.82, 2.24) is 34.7 Å². The molecule has 5 rings (SSSR count). The SMILES string of the molecule is CN(C(=O)c1cc(=O)[nH]cn1)C1CN(c2ccc3nnc(C4CCC4)n3n2)C1. The summed E-state index contributed by atoms with van der Waals surface area (Å²) >= 11 is 0. The van der Waals surface area contributed by atoms with Crippen molar-refractivity contribution < 1.29 is 4.79 Å². The van der Waals surface area contributed by atoms with Crippen molar-refractivity contribution in [2.75, 3.05) is 25.0 Å². The summed E-state index contributed by atoms with van der Waals surface area (Å²) in [5.41, 5.74) is 0.574. The number of rotatable bonds is 4. The average Bonchev–Trinajstić information content (AvgIpc) is 3.01. The summed E-state index contributed by atoms with van der Waals surface area (Å²) in [6.07, 6.45) is 4.76. The van der Waals surface area contributed by atoms with Gasteiger partial charge in [-0.05, 0) is 25.0 Å². The molecule has 0 bridgehead atoms. The van der Waals surface area contributed by atoms with E-state index in [-0.39, 0.29) is 23.2 Å². The van der Waals surface area contributed by atoms with E-state index in [0.717, 1.165) is 30.1 Å². The van der Waals surface area contributed by atoms with Gasteiger partial charge in [-0.25, -0.2) is 4.98 Å². The first-order chi connectivity index (χ1) is 13.6. The summed E-state index contributed by atoms with van der Waals surface area (Å²) in [7, 11) is 1.73. The number of anilines is 1. The number of hydrogen-bond acceptors (Lipinski definition) is 7. The van der Waals surface area contributed by atoms with Crippen molar-refractivity contribution >= 4 is 17.4 Å². The molecule has 1 N–H and O–H groups in total. The minimum atomic E-state index is -0.337. The van der Waals surface area contributed by atoms with Crippen molar-refractivity contribution in [2.24, 2.45) is 0 Å². The molecule has 10 heteroatoms. The number of carbonyl (C=O) groups is 1. The van der Waals surface area contributed by atoms with Gasteiger partial charge in [0.05, 0.1) is 12.4 Å². The van der Waals surface area contributed by atoms with E-state index in [1.54, 1.807) is 11.9 Å². The Morgan fingerprint density at radius 2 is 2.07 bits per heavy atom. The maximum absolute atomic E-state index is 12.5. The van der Waals surface area contributed by atoms with Crippen LogP contribution in [-0.4, -0.2) is 66.8 Å². The molecule has 4 heterocycles. The number of aromatic amines is 1. The molecule has 1 saturated heterocycles. The Labute approximate surface area is 160 Å². The van der Waals surface area contributed by atoms with Gasteiger partial charge in [0.1, 0.15) is 11.5 Å². The molecule has 0 radical (unpaired) electrons. The summed E-state index contributed by atoms with van der Waals surface area (Å²) in [5, 5.41) is 13.3. The highest BCUT2D eigenvalue weighted by Gasteiger charge is 2.34. The maximum atomic E-state index is 12.5. The van der Waals surface area contributed by atoms with E-state index in [1.165, 1.54) is 18.8 Å². The number of likely N-dealkylation sites (N-methyl/N-ethyl adjacent to an activating group) is 1. The molecule has 10 nitrogen and oxygen atoms in total. The number of H-pyrrole nitrogens is 1. The Bertz CT molecular complexity index is 1100. The minimum Gasteiger partial charge on any atom is -0.351 e. The lowest BCUT2D eigenvalue weighted by molar-refractivity contribution is 0.0698. The van der Waals surface area contributed by atoms with Gasteiger partial charge in [-0.2, -0.15) is 4.52 Å². The van der Waals surface area contributed by atoms with Gasteiger partial charge in [-0.3, -0.25) is 9.59 Å². The summed E-state index contributed by atoms with van der Waals surface area (Å²) in [5.74, 6) is 1.98. The molecule has 2 aliphatic rings. The number of fused-ring (bicyclic) bond motifs is 1. The second-order valence-electron chi connectivity index (χ2n) is 7.42. The highest BCUT2D eigenvalue weighted by Crippen LogP contribution is 2.35. The first-order valence-corrected chi connectivity index (χ1v) is 9.39. The van der Waals surface area contributed by atoms with Crippen LogP contribution in [0.3, 0.4) is 0 Å². The Morgan fingerprint density at radius 1 is 1.25 bits per heavy atom. The van der Waals surface area contributed by atoms with Gasteiger partial charge in [0, 0.05) is 32.1 Å². The van der Waals surface area contributed by atoms with Crippen LogP contribution in [0.1, 0.15) is 41.5 Å². The van der Waals surface area contributed by atoms with E-state index >= 15 is 0 Å². The van der Waals surface area contributed by atoms with Crippen molar-refractivity contribution in [1.29, 1.82) is 0 Å². The Balaban J connectivity index is 1.30. The van der Waals surface area contributed by atoms with Crippen molar-refractivity contribution in [3.8, 4) is 0 Å². The van der Waals surface area contributed by atoms with E-state index in [9.17, 15) is 9.59 Å². The predicted molar refractivity (Wildman–Crippen MR) is 100 cm³/mol. The lowest BCUT2D eigenvalue weighted by atomic mass is 9.85. The molecule has 28 heavy (non-hydrogen) atoms. The molecule has 0 spiro atoms. The van der Waals surface area contributed by atoms with Crippen LogP contribution in [0.15, 0.2) is 29.3 Å². The van der Waals surface area contributed by atoms with Crippen LogP contribution in [-0.2, 0) is 0 Å². The third kappa shape index (κ3) is 2.72. The zero-order valence-corrected chi connectivity index (χ0v) is 15.4. The summed E-state index contributed by atoms with van der Waals surface area (Å²) < 4.78 is 1.85. The highest BCUT2D eigenvalue weighted by atomic mass is 16.2. The van der Waals surface area contributed by atoms with Gasteiger partial charge >= 0.3 is 0 Å². The quantitative estimate of drug-likeness (QED) is 0.699. The summed E-state index contributed by atoms with van der Waals surface area (Å²) in [6, 6.07) is 5.13. The second kappa shape index (κ2) is 6.39. The third-order valence-electron chi connectivity index (χ3n) is 5.69. The molecule has 3 aromatic heterocycles. The molecule has 0 atom stereocenters. The van der Waals surface area contributed by atoms with E-state index in [0.29, 0.717) is 19.0 Å². The third-order valence-corrected chi connectivity index (χ3v) is 5.69. The molecule has 3 aromatic rings. The topological polar surface area (TPSA) is 112 Å². The minimum absolute atomic E-state index is 0.0399. The average molecular weight is 380 g/mol. The van der Waals surface area contributed by atoms with Crippen LogP contribution in [0.5, 0.6) is 0 Å². The van der Waals surface area contributed by atoms with Gasteiger partial charge < -0.3 is 14.8 Å². The smallest absolute Gasteiger partial charge is 0.272 e. The van der Waals surface area contributed by atoms with Crippen LogP contribution in [0.2, 0.25) is 0 Å². The second-order valence-corrected chi connectivity index (χ2v) is 7.42. The molecule has 1 aliphatic carbocycles. The number of hydrogen-bond donors (Lipinski definition) is 1. The molecule has 1 amide bonds. The molecule has 0 unspecified atom stereocenters. The molecule has 2 fully saturated rings. The molecule has 1 aliphatic heterocycles. The van der Waals surface area contributed by atoms with Crippen molar-refractivity contribution in [2.45, 2.75) is 31.2 Å². The summed E-state index contributed by atoms with van der Waals surface area (Å²) in [4.78, 5) is 34.1. The monoisotopic (exact) mass is 380 g/mol. The Hall–Kier alpha value is -3.30. The fourth-order valence-corrected chi connectivity index (χ4v) is 3.60. The zero-order chi connectivity index (χ0) is 19.3. The molecule has 144 valence electrons. The Morgan fingerprint density at radius 3 is 2.79 bits per heavy atom. The predicted octanol–water partition coefficient (Wildman–Crippen LogP) is 0.436. The number of amides is 1. The van der Waals surface area contributed by atoms with Crippen LogP contribution in [0.25, 0.3) is 5.65 Å². The van der Waals surface area contributed by atoms with Crippen LogP contribution >= 0.6 is 0 Å². The lowest BCUT2D eigenvalue weighted by Crippen LogP contribution is -2.60. The van der Waals surface area contributed by atoms with Crippen LogP contribution in [0.4, 0.5) is 5.82 Å². The molecule has 1 saturated carbocycles.